The average Bonchev–Trinajstić information content (AvgIpc) is 1.36. The van der Waals surface area contributed by atoms with Crippen molar-refractivity contribution in [3.8, 4) is 0 Å². The minimum Gasteiger partial charge on any atom is -0.545 e. The molecule has 0 aliphatic carbocycles. The molecule has 0 rings (SSSR count). The summed E-state index contributed by atoms with van der Waals surface area (Å²) in [5, 5.41) is 9.49. The normalized spacial score (nSPS) is 5.62. The van der Waals surface area contributed by atoms with Crippen molar-refractivity contribution in [1.82, 2.24) is 6.15 Å². The van der Waals surface area contributed by atoms with Gasteiger partial charge in [0, 0.05) is 0 Å². The summed E-state index contributed by atoms with van der Waals surface area (Å²) in [7, 11) is 0. The predicted molar refractivity (Wildman–Crippen MR) is 25.8 cm³/mol. The van der Waals surface area contributed by atoms with Gasteiger partial charge in [-0.15, -0.1) is 0 Å². The van der Waals surface area contributed by atoms with Gasteiger partial charge in [-0.05, 0) is 12.5 Å². The van der Waals surface area contributed by atoms with Crippen molar-refractivity contribution in [3.05, 3.63) is 12.2 Å². The molecule has 0 bridgehead atoms. The molecule has 0 spiro atoms. The van der Waals surface area contributed by atoms with Gasteiger partial charge in [0.15, 0.2) is 0 Å². The van der Waals surface area contributed by atoms with E-state index in [0.29, 0.717) is 0 Å². The number of hydrogen-bond acceptors (Lipinski definition) is 2. The van der Waals surface area contributed by atoms with E-state index in [1.165, 1.54) is 6.92 Å². The molecule has 4 heteroatoms. The van der Waals surface area contributed by atoms with Gasteiger partial charge in [-0.25, -0.2) is 0 Å². The SMILES string of the molecule is C=C(C)C(=O)[O-].[NH4+].[Na+]. The standard InChI is InChI=1S/C4H6O2.H3N.Na/c1-3(2)4(5)6;;/h1H2,2H3,(H,5,6);1H3;/q;;+1. The Kier molecular flexibility index (Phi) is 14.1. The van der Waals surface area contributed by atoms with Crippen molar-refractivity contribution in [2.24, 2.45) is 0 Å². The molecule has 0 saturated heterocycles. The quantitative estimate of drug-likeness (QED) is 0.295. The number of rotatable bonds is 1. The Hall–Kier alpha value is 0.170. The summed E-state index contributed by atoms with van der Waals surface area (Å²) >= 11 is 0. The van der Waals surface area contributed by atoms with Gasteiger partial charge in [-0.2, -0.15) is 0 Å². The number of aliphatic carboxylic acids is 1. The molecule has 3 nitrogen and oxygen atoms in total. The largest absolute Gasteiger partial charge is 1.00 e. The fourth-order valence-corrected chi connectivity index (χ4v) is 0. The van der Waals surface area contributed by atoms with Crippen LogP contribution in [-0.4, -0.2) is 5.97 Å². The molecule has 0 aliphatic heterocycles. The summed E-state index contributed by atoms with van der Waals surface area (Å²) in [6.07, 6.45) is 0. The van der Waals surface area contributed by atoms with Crippen LogP contribution < -0.4 is 40.8 Å². The van der Waals surface area contributed by atoms with Crippen molar-refractivity contribution in [2.45, 2.75) is 6.92 Å². The van der Waals surface area contributed by atoms with Gasteiger partial charge in [0.1, 0.15) is 0 Å². The van der Waals surface area contributed by atoms with Crippen molar-refractivity contribution >= 4 is 5.97 Å². The fourth-order valence-electron chi connectivity index (χ4n) is 0. The van der Waals surface area contributed by atoms with E-state index in [-0.39, 0.29) is 41.3 Å². The molecule has 0 aromatic rings. The summed E-state index contributed by atoms with van der Waals surface area (Å²) in [4.78, 5) is 9.49. The number of carbonyl (C=O) groups excluding carboxylic acids is 1. The minimum absolute atomic E-state index is 0. The topological polar surface area (TPSA) is 76.6 Å². The fraction of sp³-hybridized carbons (Fsp3) is 0.250. The first-order valence-corrected chi connectivity index (χ1v) is 1.51. The van der Waals surface area contributed by atoms with E-state index in [1.807, 2.05) is 0 Å². The Morgan fingerprint density at radius 3 is 1.75 bits per heavy atom. The van der Waals surface area contributed by atoms with Crippen molar-refractivity contribution < 1.29 is 39.5 Å². The molecule has 0 atom stereocenters. The van der Waals surface area contributed by atoms with Crippen LogP contribution in [0.1, 0.15) is 6.92 Å². The van der Waals surface area contributed by atoms with Crippen LogP contribution in [0.25, 0.3) is 0 Å². The minimum atomic E-state index is -1.19. The number of quaternary nitrogens is 1. The summed E-state index contributed by atoms with van der Waals surface area (Å²) in [6, 6.07) is 0. The van der Waals surface area contributed by atoms with Crippen molar-refractivity contribution in [2.75, 3.05) is 0 Å². The van der Waals surface area contributed by atoms with E-state index in [0.717, 1.165) is 0 Å². The molecular formula is C4H9NNaO2+. The maximum Gasteiger partial charge on any atom is 1.00 e. The third-order valence-corrected chi connectivity index (χ3v) is 0.348. The Balaban J connectivity index is -0.000000125. The van der Waals surface area contributed by atoms with E-state index in [2.05, 4.69) is 6.58 Å². The van der Waals surface area contributed by atoms with Crippen LogP contribution in [0.3, 0.4) is 0 Å². The third kappa shape index (κ3) is 9.48. The second-order valence-corrected chi connectivity index (χ2v) is 1.07. The van der Waals surface area contributed by atoms with Crippen LogP contribution in [0.4, 0.5) is 0 Å². The van der Waals surface area contributed by atoms with E-state index >= 15 is 0 Å². The van der Waals surface area contributed by atoms with Crippen LogP contribution in [0, 0.1) is 0 Å². The van der Waals surface area contributed by atoms with Gasteiger partial charge in [0.2, 0.25) is 0 Å². The molecule has 8 heavy (non-hydrogen) atoms. The summed E-state index contributed by atoms with van der Waals surface area (Å²) in [5.41, 5.74) is 0.0648. The van der Waals surface area contributed by atoms with Gasteiger partial charge in [-0.1, -0.05) is 6.58 Å². The zero-order valence-electron chi connectivity index (χ0n) is 5.52. The van der Waals surface area contributed by atoms with Crippen LogP contribution in [0.15, 0.2) is 12.2 Å². The molecule has 0 radical (unpaired) electrons. The second kappa shape index (κ2) is 7.17. The first kappa shape index (κ1) is 15.7. The van der Waals surface area contributed by atoms with Gasteiger partial charge in [0.05, 0.1) is 5.97 Å². The molecule has 42 valence electrons. The molecule has 0 aromatic carbocycles. The Bertz CT molecular complexity index is 80.0. The molecule has 0 amide bonds. The molecule has 0 fully saturated rings. The summed E-state index contributed by atoms with van der Waals surface area (Å²) in [5.74, 6) is -1.19. The second-order valence-electron chi connectivity index (χ2n) is 1.07. The first-order chi connectivity index (χ1) is 2.64. The van der Waals surface area contributed by atoms with Gasteiger partial charge in [-0.3, -0.25) is 0 Å². The molecule has 4 N–H and O–H groups in total. The van der Waals surface area contributed by atoms with E-state index in [4.69, 9.17) is 0 Å². The average molecular weight is 126 g/mol. The molecule has 0 unspecified atom stereocenters. The summed E-state index contributed by atoms with van der Waals surface area (Å²) < 4.78 is 0. The monoisotopic (exact) mass is 126 g/mol. The van der Waals surface area contributed by atoms with Gasteiger partial charge in [0.25, 0.3) is 0 Å². The Morgan fingerprint density at radius 2 is 1.75 bits per heavy atom. The van der Waals surface area contributed by atoms with Gasteiger partial charge < -0.3 is 16.1 Å². The third-order valence-electron chi connectivity index (χ3n) is 0.348. The first-order valence-electron chi connectivity index (χ1n) is 1.51. The number of hydrogen-bond donors (Lipinski definition) is 1. The number of carboxylic acids is 1. The predicted octanol–water partition coefficient (Wildman–Crippen LogP) is -3.31. The number of carboxylic acid groups (broad SMARTS) is 1. The molecule has 0 saturated carbocycles. The molecule has 0 aliphatic rings. The van der Waals surface area contributed by atoms with Crippen LogP contribution in [-0.2, 0) is 4.79 Å². The maximum absolute atomic E-state index is 9.49. The summed E-state index contributed by atoms with van der Waals surface area (Å²) in [6.45, 7) is 4.48. The van der Waals surface area contributed by atoms with Crippen molar-refractivity contribution in [3.63, 3.8) is 0 Å². The van der Waals surface area contributed by atoms with E-state index in [1.54, 1.807) is 0 Å². The molecule has 0 heterocycles. The van der Waals surface area contributed by atoms with Gasteiger partial charge >= 0.3 is 29.6 Å². The number of carbonyl (C=O) groups is 1. The van der Waals surface area contributed by atoms with Crippen LogP contribution in [0.5, 0.6) is 0 Å². The van der Waals surface area contributed by atoms with Crippen LogP contribution >= 0.6 is 0 Å². The smallest absolute Gasteiger partial charge is 0.545 e. The zero-order chi connectivity index (χ0) is 5.15. The Morgan fingerprint density at radius 1 is 1.62 bits per heavy atom. The van der Waals surface area contributed by atoms with E-state index in [9.17, 15) is 9.90 Å². The van der Waals surface area contributed by atoms with Crippen LogP contribution in [0.2, 0.25) is 0 Å². The molecular weight excluding hydrogens is 117 g/mol. The van der Waals surface area contributed by atoms with E-state index < -0.39 is 5.97 Å². The Labute approximate surface area is 70.6 Å². The van der Waals surface area contributed by atoms with Crippen molar-refractivity contribution in [1.29, 1.82) is 0 Å². The zero-order valence-corrected chi connectivity index (χ0v) is 7.52. The molecule has 0 aromatic heterocycles. The maximum atomic E-state index is 9.49.